The molecule has 0 spiro atoms. The zero-order valence-electron chi connectivity index (χ0n) is 15.5. The molecule has 26 heavy (non-hydrogen) atoms. The molecule has 2 aromatic rings. The van der Waals surface area contributed by atoms with E-state index in [2.05, 4.69) is 5.32 Å². The van der Waals surface area contributed by atoms with Gasteiger partial charge in [0.1, 0.15) is 5.75 Å². The number of ether oxygens (including phenoxy) is 2. The number of amides is 1. The minimum atomic E-state index is -0.394. The largest absolute Gasteiger partial charge is 0.494 e. The molecule has 0 saturated carbocycles. The summed E-state index contributed by atoms with van der Waals surface area (Å²) in [6.07, 6.45) is 0.950. The first-order valence-corrected chi connectivity index (χ1v) is 8.76. The van der Waals surface area contributed by atoms with E-state index >= 15 is 0 Å². The predicted molar refractivity (Wildman–Crippen MR) is 102 cm³/mol. The Hall–Kier alpha value is -2.82. The highest BCUT2D eigenvalue weighted by Gasteiger charge is 2.11. The first kappa shape index (κ1) is 19.5. The van der Waals surface area contributed by atoms with Gasteiger partial charge in [0.05, 0.1) is 18.8 Å². The van der Waals surface area contributed by atoms with Crippen LogP contribution in [0.15, 0.2) is 42.5 Å². The maximum Gasteiger partial charge on any atom is 0.338 e. The van der Waals surface area contributed by atoms with Crippen LogP contribution in [0.2, 0.25) is 0 Å². The lowest BCUT2D eigenvalue weighted by atomic mass is 10.1. The Kier molecular flexibility index (Phi) is 7.21. The average molecular weight is 355 g/mol. The SMILES string of the molecule is CCOC(=O)c1ccc(C)c(NC(=O)CCCOc2ccc(C)cc2)c1. The lowest BCUT2D eigenvalue weighted by Crippen LogP contribution is -2.14. The smallest absolute Gasteiger partial charge is 0.338 e. The number of esters is 1. The molecule has 0 radical (unpaired) electrons. The van der Waals surface area contributed by atoms with Crippen LogP contribution in [0.4, 0.5) is 5.69 Å². The highest BCUT2D eigenvalue weighted by Crippen LogP contribution is 2.18. The summed E-state index contributed by atoms with van der Waals surface area (Å²) < 4.78 is 10.6. The van der Waals surface area contributed by atoms with E-state index < -0.39 is 5.97 Å². The summed E-state index contributed by atoms with van der Waals surface area (Å²) in [5.41, 5.74) is 3.12. The maximum atomic E-state index is 12.1. The molecule has 0 aliphatic heterocycles. The summed E-state index contributed by atoms with van der Waals surface area (Å²) >= 11 is 0. The van der Waals surface area contributed by atoms with Gasteiger partial charge < -0.3 is 14.8 Å². The molecule has 0 aliphatic carbocycles. The molecule has 138 valence electrons. The number of carbonyl (C=O) groups is 2. The quantitative estimate of drug-likeness (QED) is 0.567. The molecular formula is C21H25NO4. The molecule has 0 aromatic heterocycles. The Balaban J connectivity index is 1.82. The zero-order valence-corrected chi connectivity index (χ0v) is 15.5. The number of benzene rings is 2. The maximum absolute atomic E-state index is 12.1. The number of rotatable bonds is 8. The molecule has 2 aromatic carbocycles. The minimum absolute atomic E-state index is 0.110. The van der Waals surface area contributed by atoms with Crippen molar-refractivity contribution in [2.75, 3.05) is 18.5 Å². The van der Waals surface area contributed by atoms with Gasteiger partial charge in [0.15, 0.2) is 0 Å². The first-order chi connectivity index (χ1) is 12.5. The molecule has 5 heteroatoms. The summed E-state index contributed by atoms with van der Waals surface area (Å²) in [7, 11) is 0. The normalized spacial score (nSPS) is 10.3. The van der Waals surface area contributed by atoms with Crippen molar-refractivity contribution in [1.29, 1.82) is 0 Å². The molecule has 5 nitrogen and oxygen atoms in total. The molecular weight excluding hydrogens is 330 g/mol. The van der Waals surface area contributed by atoms with E-state index in [0.29, 0.717) is 37.3 Å². The highest BCUT2D eigenvalue weighted by molar-refractivity contribution is 5.95. The van der Waals surface area contributed by atoms with E-state index in [4.69, 9.17) is 9.47 Å². The number of nitrogens with one attached hydrogen (secondary N) is 1. The van der Waals surface area contributed by atoms with Gasteiger partial charge in [0, 0.05) is 12.1 Å². The van der Waals surface area contributed by atoms with E-state index in [-0.39, 0.29) is 5.91 Å². The van der Waals surface area contributed by atoms with Gasteiger partial charge in [-0.1, -0.05) is 23.8 Å². The molecule has 1 amide bonds. The van der Waals surface area contributed by atoms with Gasteiger partial charge in [-0.3, -0.25) is 4.79 Å². The van der Waals surface area contributed by atoms with Crippen LogP contribution in [0.3, 0.4) is 0 Å². The molecule has 0 aliphatic rings. The van der Waals surface area contributed by atoms with Crippen molar-refractivity contribution in [3.63, 3.8) is 0 Å². The Morgan fingerprint density at radius 3 is 2.46 bits per heavy atom. The fourth-order valence-corrected chi connectivity index (χ4v) is 2.37. The lowest BCUT2D eigenvalue weighted by molar-refractivity contribution is -0.116. The average Bonchev–Trinajstić information content (AvgIpc) is 2.62. The van der Waals surface area contributed by atoms with Crippen molar-refractivity contribution in [3.05, 3.63) is 59.2 Å². The molecule has 0 saturated heterocycles. The van der Waals surface area contributed by atoms with E-state index in [0.717, 1.165) is 11.3 Å². The Morgan fingerprint density at radius 2 is 1.77 bits per heavy atom. The third kappa shape index (κ3) is 5.92. The van der Waals surface area contributed by atoms with E-state index in [1.54, 1.807) is 25.1 Å². The number of hydrogen-bond acceptors (Lipinski definition) is 4. The number of anilines is 1. The molecule has 0 fully saturated rings. The molecule has 0 heterocycles. The Morgan fingerprint density at radius 1 is 1.04 bits per heavy atom. The van der Waals surface area contributed by atoms with E-state index in [1.165, 1.54) is 5.56 Å². The summed E-state index contributed by atoms with van der Waals surface area (Å²) in [4.78, 5) is 24.0. The van der Waals surface area contributed by atoms with Crippen molar-refractivity contribution < 1.29 is 19.1 Å². The topological polar surface area (TPSA) is 64.6 Å². The van der Waals surface area contributed by atoms with Crippen LogP contribution < -0.4 is 10.1 Å². The third-order valence-electron chi connectivity index (χ3n) is 3.86. The van der Waals surface area contributed by atoms with Crippen molar-refractivity contribution in [2.24, 2.45) is 0 Å². The van der Waals surface area contributed by atoms with E-state index in [1.807, 2.05) is 38.1 Å². The monoisotopic (exact) mass is 355 g/mol. The van der Waals surface area contributed by atoms with Gasteiger partial charge in [-0.25, -0.2) is 4.79 Å². The van der Waals surface area contributed by atoms with Gasteiger partial charge in [-0.15, -0.1) is 0 Å². The zero-order chi connectivity index (χ0) is 18.9. The standard InChI is InChI=1S/C21H25NO4/c1-4-25-21(24)17-10-9-16(3)19(14-17)22-20(23)6-5-13-26-18-11-7-15(2)8-12-18/h7-12,14H,4-6,13H2,1-3H3,(H,22,23). The summed E-state index contributed by atoms with van der Waals surface area (Å²) in [6.45, 7) is 6.44. The molecule has 0 atom stereocenters. The van der Waals surface area contributed by atoms with Gasteiger partial charge in [0.25, 0.3) is 0 Å². The third-order valence-corrected chi connectivity index (χ3v) is 3.86. The van der Waals surface area contributed by atoms with Gasteiger partial charge in [-0.2, -0.15) is 0 Å². The van der Waals surface area contributed by atoms with E-state index in [9.17, 15) is 9.59 Å². The molecule has 2 rings (SSSR count). The highest BCUT2D eigenvalue weighted by atomic mass is 16.5. The van der Waals surface area contributed by atoms with Crippen molar-refractivity contribution in [3.8, 4) is 5.75 Å². The number of carbonyl (C=O) groups excluding carboxylic acids is 2. The van der Waals surface area contributed by atoms with Crippen LogP contribution >= 0.6 is 0 Å². The van der Waals surface area contributed by atoms with Crippen LogP contribution in [-0.2, 0) is 9.53 Å². The van der Waals surface area contributed by atoms with Crippen molar-refractivity contribution in [1.82, 2.24) is 0 Å². The van der Waals surface area contributed by atoms with Gasteiger partial charge in [0.2, 0.25) is 5.91 Å². The number of aryl methyl sites for hydroxylation is 2. The molecule has 0 unspecified atom stereocenters. The van der Waals surface area contributed by atoms with Crippen molar-refractivity contribution in [2.45, 2.75) is 33.6 Å². The van der Waals surface area contributed by atoms with Gasteiger partial charge in [-0.05, 0) is 57.0 Å². The van der Waals surface area contributed by atoms with Crippen LogP contribution in [0, 0.1) is 13.8 Å². The summed E-state index contributed by atoms with van der Waals surface area (Å²) in [5.74, 6) is 0.296. The van der Waals surface area contributed by atoms with Crippen LogP contribution in [0.25, 0.3) is 0 Å². The van der Waals surface area contributed by atoms with Crippen LogP contribution in [-0.4, -0.2) is 25.1 Å². The van der Waals surface area contributed by atoms with Crippen molar-refractivity contribution >= 4 is 17.6 Å². The fraction of sp³-hybridized carbons (Fsp3) is 0.333. The second-order valence-corrected chi connectivity index (χ2v) is 6.06. The summed E-state index contributed by atoms with van der Waals surface area (Å²) in [6, 6.07) is 12.9. The molecule has 1 N–H and O–H groups in total. The second-order valence-electron chi connectivity index (χ2n) is 6.06. The van der Waals surface area contributed by atoms with Crippen LogP contribution in [0.5, 0.6) is 5.75 Å². The minimum Gasteiger partial charge on any atom is -0.494 e. The number of hydrogen-bond donors (Lipinski definition) is 1. The Bertz CT molecular complexity index is 753. The second kappa shape index (κ2) is 9.61. The van der Waals surface area contributed by atoms with Crippen LogP contribution in [0.1, 0.15) is 41.3 Å². The lowest BCUT2D eigenvalue weighted by Gasteiger charge is -2.11. The predicted octanol–water partition coefficient (Wildman–Crippen LogP) is 4.28. The molecule has 0 bridgehead atoms. The summed E-state index contributed by atoms with van der Waals surface area (Å²) in [5, 5.41) is 2.85. The van der Waals surface area contributed by atoms with Gasteiger partial charge >= 0.3 is 5.97 Å². The Labute approximate surface area is 154 Å². The fourth-order valence-electron chi connectivity index (χ4n) is 2.37. The first-order valence-electron chi connectivity index (χ1n) is 8.76.